The molecule has 1 atom stereocenters. The molecule has 0 aliphatic carbocycles. The van der Waals surface area contributed by atoms with Gasteiger partial charge in [-0.05, 0) is 25.1 Å². The molecular formula is C11H7BrNO4-. The van der Waals surface area contributed by atoms with Gasteiger partial charge in [-0.15, -0.1) is 0 Å². The first kappa shape index (κ1) is 11.8. The Morgan fingerprint density at radius 3 is 2.65 bits per heavy atom. The zero-order chi connectivity index (χ0) is 12.7. The van der Waals surface area contributed by atoms with Crippen LogP contribution >= 0.6 is 15.9 Å². The summed E-state index contributed by atoms with van der Waals surface area (Å²) in [6, 6.07) is 3.49. The van der Waals surface area contributed by atoms with E-state index in [0.717, 1.165) is 4.90 Å². The molecule has 0 saturated heterocycles. The average molecular weight is 297 g/mol. The van der Waals surface area contributed by atoms with Crippen LogP contribution in [0.5, 0.6) is 0 Å². The van der Waals surface area contributed by atoms with Crippen LogP contribution in [0.15, 0.2) is 22.7 Å². The number of rotatable bonds is 2. The molecule has 6 heteroatoms. The number of hydrogen-bond donors (Lipinski definition) is 0. The molecule has 0 N–H and O–H groups in total. The minimum absolute atomic E-state index is 0.206. The van der Waals surface area contributed by atoms with Gasteiger partial charge in [-0.1, -0.05) is 15.9 Å². The van der Waals surface area contributed by atoms with Gasteiger partial charge in [0.1, 0.15) is 0 Å². The van der Waals surface area contributed by atoms with Gasteiger partial charge >= 0.3 is 0 Å². The van der Waals surface area contributed by atoms with Crippen molar-refractivity contribution in [1.82, 2.24) is 0 Å². The first-order valence-electron chi connectivity index (χ1n) is 4.81. The molecule has 1 aromatic carbocycles. The van der Waals surface area contributed by atoms with Crippen LogP contribution in [0.3, 0.4) is 0 Å². The van der Waals surface area contributed by atoms with Crippen LogP contribution < -0.4 is 10.0 Å². The van der Waals surface area contributed by atoms with E-state index in [1.54, 1.807) is 6.07 Å². The fourth-order valence-corrected chi connectivity index (χ4v) is 2.09. The summed E-state index contributed by atoms with van der Waals surface area (Å²) in [4.78, 5) is 35.1. The van der Waals surface area contributed by atoms with Gasteiger partial charge in [0.25, 0.3) is 11.7 Å². The number of carboxylic acids is 1. The number of hydrogen-bond acceptors (Lipinski definition) is 4. The Labute approximate surface area is 105 Å². The van der Waals surface area contributed by atoms with E-state index in [-0.39, 0.29) is 5.56 Å². The van der Waals surface area contributed by atoms with Crippen LogP contribution in [0.4, 0.5) is 5.69 Å². The third kappa shape index (κ3) is 1.74. The zero-order valence-electron chi connectivity index (χ0n) is 8.77. The third-order valence-electron chi connectivity index (χ3n) is 2.60. The number of carbonyl (C=O) groups excluding carboxylic acids is 3. The lowest BCUT2D eigenvalue weighted by Crippen LogP contribution is -2.48. The van der Waals surface area contributed by atoms with Crippen molar-refractivity contribution >= 4 is 39.3 Å². The molecule has 0 bridgehead atoms. The van der Waals surface area contributed by atoms with Crippen molar-refractivity contribution in [2.75, 3.05) is 4.90 Å². The van der Waals surface area contributed by atoms with Gasteiger partial charge in [0, 0.05) is 4.47 Å². The lowest BCUT2D eigenvalue weighted by atomic mass is 10.1. The minimum Gasteiger partial charge on any atom is -0.548 e. The molecule has 2 rings (SSSR count). The smallest absolute Gasteiger partial charge is 0.300 e. The molecule has 0 radical (unpaired) electrons. The first-order valence-corrected chi connectivity index (χ1v) is 5.61. The molecule has 88 valence electrons. The van der Waals surface area contributed by atoms with Crippen molar-refractivity contribution in [3.63, 3.8) is 0 Å². The van der Waals surface area contributed by atoms with E-state index in [1.165, 1.54) is 19.1 Å². The number of Topliss-reactive ketones (excluding diaryl/α,β-unsaturated/α-hetero) is 1. The van der Waals surface area contributed by atoms with Crippen molar-refractivity contribution in [2.45, 2.75) is 13.0 Å². The molecule has 17 heavy (non-hydrogen) atoms. The predicted molar refractivity (Wildman–Crippen MR) is 60.4 cm³/mol. The van der Waals surface area contributed by atoms with E-state index >= 15 is 0 Å². The molecular weight excluding hydrogens is 290 g/mol. The average Bonchev–Trinajstić information content (AvgIpc) is 2.51. The third-order valence-corrected chi connectivity index (χ3v) is 3.10. The molecule has 1 aliphatic heterocycles. The number of nitrogens with zero attached hydrogens (tertiary/aromatic N) is 1. The number of ketones is 1. The maximum Gasteiger partial charge on any atom is 0.300 e. The Bertz CT molecular complexity index is 540. The van der Waals surface area contributed by atoms with Gasteiger partial charge in [0.15, 0.2) is 0 Å². The van der Waals surface area contributed by atoms with Crippen molar-refractivity contribution in [3.05, 3.63) is 28.2 Å². The van der Waals surface area contributed by atoms with Crippen molar-refractivity contribution < 1.29 is 19.5 Å². The topological polar surface area (TPSA) is 77.5 Å². The highest BCUT2D eigenvalue weighted by molar-refractivity contribution is 9.10. The number of aliphatic carboxylic acids is 1. The Balaban J connectivity index is 2.56. The highest BCUT2D eigenvalue weighted by Gasteiger charge is 2.38. The molecule has 5 nitrogen and oxygen atoms in total. The summed E-state index contributed by atoms with van der Waals surface area (Å²) in [5.74, 6) is -2.94. The first-order chi connectivity index (χ1) is 7.93. The van der Waals surface area contributed by atoms with Gasteiger partial charge in [0.05, 0.1) is 23.3 Å². The normalized spacial score (nSPS) is 16.0. The molecule has 0 fully saturated rings. The van der Waals surface area contributed by atoms with E-state index < -0.39 is 23.7 Å². The molecule has 1 amide bonds. The number of fused-ring (bicyclic) bond motifs is 1. The number of carboxylic acid groups (broad SMARTS) is 1. The molecule has 0 unspecified atom stereocenters. The second-order valence-corrected chi connectivity index (χ2v) is 4.58. The number of anilines is 1. The molecule has 0 spiro atoms. The second kappa shape index (κ2) is 3.96. The molecule has 1 heterocycles. The Kier molecular flexibility index (Phi) is 2.74. The van der Waals surface area contributed by atoms with E-state index in [0.29, 0.717) is 10.2 Å². The maximum absolute atomic E-state index is 11.7. The van der Waals surface area contributed by atoms with Gasteiger partial charge in [-0.3, -0.25) is 14.5 Å². The van der Waals surface area contributed by atoms with Crippen LogP contribution in [0.1, 0.15) is 17.3 Å². The predicted octanol–water partition coefficient (Wildman–Crippen LogP) is 0.117. The number of benzene rings is 1. The monoisotopic (exact) mass is 296 g/mol. The molecule has 0 saturated carbocycles. The fraction of sp³-hybridized carbons (Fsp3) is 0.182. The summed E-state index contributed by atoms with van der Waals surface area (Å²) in [5.41, 5.74) is 0.511. The van der Waals surface area contributed by atoms with Gasteiger partial charge in [-0.25, -0.2) is 0 Å². The van der Waals surface area contributed by atoms with Crippen molar-refractivity contribution in [1.29, 1.82) is 0 Å². The van der Waals surface area contributed by atoms with E-state index in [9.17, 15) is 19.5 Å². The van der Waals surface area contributed by atoms with Crippen molar-refractivity contribution in [2.24, 2.45) is 0 Å². The lowest BCUT2D eigenvalue weighted by molar-refractivity contribution is -0.306. The minimum atomic E-state index is -1.40. The highest BCUT2D eigenvalue weighted by Crippen LogP contribution is 2.32. The van der Waals surface area contributed by atoms with E-state index in [2.05, 4.69) is 15.9 Å². The van der Waals surface area contributed by atoms with Crippen LogP contribution in [-0.4, -0.2) is 23.7 Å². The maximum atomic E-state index is 11.7. The number of halogens is 1. The zero-order valence-corrected chi connectivity index (χ0v) is 10.4. The van der Waals surface area contributed by atoms with Gasteiger partial charge in [-0.2, -0.15) is 0 Å². The highest BCUT2D eigenvalue weighted by atomic mass is 79.9. The summed E-state index contributed by atoms with van der Waals surface area (Å²) in [5, 5.41) is 10.8. The summed E-state index contributed by atoms with van der Waals surface area (Å²) < 4.78 is 0.653. The fourth-order valence-electron chi connectivity index (χ4n) is 1.72. The lowest BCUT2D eigenvalue weighted by Gasteiger charge is -2.25. The van der Waals surface area contributed by atoms with Crippen LogP contribution in [0, 0.1) is 0 Å². The van der Waals surface area contributed by atoms with Crippen molar-refractivity contribution in [3.8, 4) is 0 Å². The van der Waals surface area contributed by atoms with E-state index in [4.69, 9.17) is 0 Å². The molecule has 0 aromatic heterocycles. The Morgan fingerprint density at radius 1 is 1.41 bits per heavy atom. The molecule has 1 aromatic rings. The SMILES string of the molecule is C[C@@H](C(=O)[O-])N1C(=O)C(=O)c2cc(Br)ccc21. The Morgan fingerprint density at radius 2 is 2.06 bits per heavy atom. The summed E-state index contributed by atoms with van der Waals surface area (Å²) in [7, 11) is 0. The largest absolute Gasteiger partial charge is 0.548 e. The van der Waals surface area contributed by atoms with Crippen LogP contribution in [-0.2, 0) is 9.59 Å². The van der Waals surface area contributed by atoms with E-state index in [1.807, 2.05) is 0 Å². The summed E-state index contributed by atoms with van der Waals surface area (Å²) in [6.45, 7) is 1.30. The quantitative estimate of drug-likeness (QED) is 0.726. The van der Waals surface area contributed by atoms with Gasteiger partial charge in [0.2, 0.25) is 0 Å². The van der Waals surface area contributed by atoms with Crippen LogP contribution in [0.25, 0.3) is 0 Å². The van der Waals surface area contributed by atoms with Gasteiger partial charge < -0.3 is 9.90 Å². The Hall–Kier alpha value is -1.69. The number of carbonyl (C=O) groups is 3. The van der Waals surface area contributed by atoms with Crippen LogP contribution in [0.2, 0.25) is 0 Å². The second-order valence-electron chi connectivity index (χ2n) is 3.66. The summed E-state index contributed by atoms with van der Waals surface area (Å²) >= 11 is 3.19. The molecule has 1 aliphatic rings. The summed E-state index contributed by atoms with van der Waals surface area (Å²) in [6.07, 6.45) is 0. The standard InChI is InChI=1S/C11H8BrNO4/c1-5(11(16)17)13-8-3-2-6(12)4-7(8)9(14)10(13)15/h2-5H,1H3,(H,16,17)/p-1/t5-/m0/s1. The number of amides is 1.